The van der Waals surface area contributed by atoms with Gasteiger partial charge in [-0.1, -0.05) is 29.8 Å². The van der Waals surface area contributed by atoms with Crippen LogP contribution in [0.3, 0.4) is 0 Å². The molecule has 2 aromatic carbocycles. The number of hydrogen-bond acceptors (Lipinski definition) is 2. The van der Waals surface area contributed by atoms with Gasteiger partial charge in [-0.2, -0.15) is 0 Å². The number of carbonyl (C=O) groups excluding carboxylic acids is 2. The van der Waals surface area contributed by atoms with Crippen molar-refractivity contribution in [3.8, 4) is 0 Å². The molecule has 2 amide bonds. The van der Waals surface area contributed by atoms with Crippen LogP contribution in [0.2, 0.25) is 5.02 Å². The van der Waals surface area contributed by atoms with Crippen LogP contribution in [-0.2, 0) is 4.79 Å². The van der Waals surface area contributed by atoms with Crippen molar-refractivity contribution < 1.29 is 18.4 Å². The molecule has 1 atom stereocenters. The molecule has 2 N–H and O–H groups in total. The fourth-order valence-corrected chi connectivity index (χ4v) is 2.43. The molecule has 126 valence electrons. The number of amides is 2. The molecule has 7 heteroatoms. The Morgan fingerprint density at radius 1 is 1.17 bits per heavy atom. The molecule has 0 heterocycles. The predicted octanol–water partition coefficient (Wildman–Crippen LogP) is 3.23. The Morgan fingerprint density at radius 3 is 2.54 bits per heavy atom. The predicted molar refractivity (Wildman–Crippen MR) is 86.7 cm³/mol. The van der Waals surface area contributed by atoms with Crippen molar-refractivity contribution >= 4 is 23.4 Å². The summed E-state index contributed by atoms with van der Waals surface area (Å²) in [5, 5.41) is 5.48. The van der Waals surface area contributed by atoms with Crippen molar-refractivity contribution in [2.45, 2.75) is 13.0 Å². The van der Waals surface area contributed by atoms with Crippen LogP contribution < -0.4 is 10.6 Å². The van der Waals surface area contributed by atoms with E-state index in [9.17, 15) is 18.4 Å². The summed E-state index contributed by atoms with van der Waals surface area (Å²) in [6.45, 7) is 1.41. The summed E-state index contributed by atoms with van der Waals surface area (Å²) in [6, 6.07) is 9.29. The van der Waals surface area contributed by atoms with Gasteiger partial charge in [0.1, 0.15) is 11.6 Å². The lowest BCUT2D eigenvalue weighted by molar-refractivity contribution is -0.120. The average molecular weight is 353 g/mol. The Hall–Kier alpha value is -2.47. The lowest BCUT2D eigenvalue weighted by atomic mass is 10.1. The van der Waals surface area contributed by atoms with Crippen LogP contribution in [0.15, 0.2) is 42.5 Å². The fraction of sp³-hybridized carbons (Fsp3) is 0.176. The van der Waals surface area contributed by atoms with E-state index in [1.165, 1.54) is 0 Å². The van der Waals surface area contributed by atoms with Crippen LogP contribution in [0.4, 0.5) is 8.78 Å². The van der Waals surface area contributed by atoms with E-state index < -0.39 is 23.4 Å². The molecule has 2 rings (SSSR count). The molecule has 0 aliphatic rings. The van der Waals surface area contributed by atoms with Crippen molar-refractivity contribution in [2.75, 3.05) is 6.54 Å². The molecular weight excluding hydrogens is 338 g/mol. The van der Waals surface area contributed by atoms with Crippen LogP contribution in [0.5, 0.6) is 0 Å². The first-order chi connectivity index (χ1) is 11.4. The summed E-state index contributed by atoms with van der Waals surface area (Å²) in [5.74, 6) is -3.03. The number of carbonyl (C=O) groups is 2. The zero-order valence-corrected chi connectivity index (χ0v) is 13.5. The second kappa shape index (κ2) is 7.88. The van der Waals surface area contributed by atoms with E-state index in [1.807, 2.05) is 0 Å². The van der Waals surface area contributed by atoms with Crippen molar-refractivity contribution in [3.05, 3.63) is 70.2 Å². The second-order valence-corrected chi connectivity index (χ2v) is 5.52. The summed E-state index contributed by atoms with van der Waals surface area (Å²) in [6.07, 6.45) is 0. The van der Waals surface area contributed by atoms with Gasteiger partial charge in [0, 0.05) is 11.1 Å². The molecule has 0 aliphatic heterocycles. The first-order valence-electron chi connectivity index (χ1n) is 7.15. The Kier molecular flexibility index (Phi) is 5.87. The lowest BCUT2D eigenvalue weighted by Gasteiger charge is -2.16. The molecular formula is C17H15ClF2N2O2. The number of hydrogen-bond donors (Lipinski definition) is 2. The molecule has 0 bridgehead atoms. The maximum absolute atomic E-state index is 13.5. The number of nitrogens with one attached hydrogen (secondary N) is 2. The standard InChI is InChI=1S/C17H15ClF2N2O2/c1-10(12-4-2-3-5-14(12)18)22-16(23)9-21-17(24)13-7-6-11(19)8-15(13)20/h2-8,10H,9H2,1H3,(H,21,24)(H,22,23). The fourth-order valence-electron chi connectivity index (χ4n) is 2.13. The minimum Gasteiger partial charge on any atom is -0.348 e. The topological polar surface area (TPSA) is 58.2 Å². The van der Waals surface area contributed by atoms with E-state index in [4.69, 9.17) is 11.6 Å². The molecule has 4 nitrogen and oxygen atoms in total. The molecule has 0 aromatic heterocycles. The SMILES string of the molecule is CC(NC(=O)CNC(=O)c1ccc(F)cc1F)c1ccccc1Cl. The smallest absolute Gasteiger partial charge is 0.254 e. The molecule has 0 aliphatic carbocycles. The van der Waals surface area contributed by atoms with Crippen LogP contribution in [0, 0.1) is 11.6 Å². The van der Waals surface area contributed by atoms with E-state index >= 15 is 0 Å². The van der Waals surface area contributed by atoms with E-state index in [0.29, 0.717) is 11.1 Å². The van der Waals surface area contributed by atoms with Crippen molar-refractivity contribution in [3.63, 3.8) is 0 Å². The van der Waals surface area contributed by atoms with Gasteiger partial charge in [0.25, 0.3) is 5.91 Å². The monoisotopic (exact) mass is 352 g/mol. The number of rotatable bonds is 5. The molecule has 24 heavy (non-hydrogen) atoms. The quantitative estimate of drug-likeness (QED) is 0.868. The van der Waals surface area contributed by atoms with Gasteiger partial charge >= 0.3 is 0 Å². The second-order valence-electron chi connectivity index (χ2n) is 5.12. The van der Waals surface area contributed by atoms with Gasteiger partial charge in [-0.25, -0.2) is 8.78 Å². The molecule has 1 unspecified atom stereocenters. The average Bonchev–Trinajstić information content (AvgIpc) is 2.53. The van der Waals surface area contributed by atoms with E-state index in [0.717, 1.165) is 17.7 Å². The minimum atomic E-state index is -0.989. The Morgan fingerprint density at radius 2 is 1.88 bits per heavy atom. The van der Waals surface area contributed by atoms with Crippen LogP contribution in [-0.4, -0.2) is 18.4 Å². The van der Waals surface area contributed by atoms with Crippen LogP contribution in [0.1, 0.15) is 28.9 Å². The normalized spacial score (nSPS) is 11.7. The first kappa shape index (κ1) is 17.9. The highest BCUT2D eigenvalue weighted by Crippen LogP contribution is 2.21. The zero-order chi connectivity index (χ0) is 17.7. The molecule has 2 aromatic rings. The third-order valence-corrected chi connectivity index (χ3v) is 3.68. The van der Waals surface area contributed by atoms with Crippen molar-refractivity contribution in [2.24, 2.45) is 0 Å². The largest absolute Gasteiger partial charge is 0.348 e. The highest BCUT2D eigenvalue weighted by atomic mass is 35.5. The van der Waals surface area contributed by atoms with Gasteiger partial charge in [0.05, 0.1) is 18.2 Å². The minimum absolute atomic E-state index is 0.330. The summed E-state index contributed by atoms with van der Waals surface area (Å²) >= 11 is 6.05. The summed E-state index contributed by atoms with van der Waals surface area (Å²) in [5.41, 5.74) is 0.409. The van der Waals surface area contributed by atoms with Crippen molar-refractivity contribution in [1.29, 1.82) is 0 Å². The van der Waals surface area contributed by atoms with Crippen LogP contribution in [0.25, 0.3) is 0 Å². The van der Waals surface area contributed by atoms with E-state index in [2.05, 4.69) is 10.6 Å². The molecule has 0 fully saturated rings. The van der Waals surface area contributed by atoms with Gasteiger partial charge in [0.2, 0.25) is 5.91 Å². The third kappa shape index (κ3) is 4.52. The van der Waals surface area contributed by atoms with Gasteiger partial charge in [-0.3, -0.25) is 9.59 Å². The van der Waals surface area contributed by atoms with Crippen molar-refractivity contribution in [1.82, 2.24) is 10.6 Å². The maximum atomic E-state index is 13.5. The van der Waals surface area contributed by atoms with Gasteiger partial charge < -0.3 is 10.6 Å². The highest BCUT2D eigenvalue weighted by Gasteiger charge is 2.15. The van der Waals surface area contributed by atoms with Gasteiger partial charge in [-0.05, 0) is 30.7 Å². The van der Waals surface area contributed by atoms with Crippen LogP contribution >= 0.6 is 11.6 Å². The first-order valence-corrected chi connectivity index (χ1v) is 7.53. The maximum Gasteiger partial charge on any atom is 0.254 e. The van der Waals surface area contributed by atoms with E-state index in [-0.39, 0.29) is 18.2 Å². The molecule has 0 saturated heterocycles. The van der Waals surface area contributed by atoms with Gasteiger partial charge in [-0.15, -0.1) is 0 Å². The zero-order valence-electron chi connectivity index (χ0n) is 12.8. The van der Waals surface area contributed by atoms with Gasteiger partial charge in [0.15, 0.2) is 0 Å². The summed E-state index contributed by atoms with van der Waals surface area (Å²) in [7, 11) is 0. The number of benzene rings is 2. The summed E-state index contributed by atoms with van der Waals surface area (Å²) < 4.78 is 26.3. The Labute approximate surface area is 142 Å². The molecule has 0 saturated carbocycles. The summed E-state index contributed by atoms with van der Waals surface area (Å²) in [4.78, 5) is 23.7. The molecule has 0 radical (unpaired) electrons. The Bertz CT molecular complexity index is 768. The Balaban J connectivity index is 1.91. The number of halogens is 3. The third-order valence-electron chi connectivity index (χ3n) is 3.33. The lowest BCUT2D eigenvalue weighted by Crippen LogP contribution is -2.38. The highest BCUT2D eigenvalue weighted by molar-refractivity contribution is 6.31. The molecule has 0 spiro atoms. The van der Waals surface area contributed by atoms with E-state index in [1.54, 1.807) is 31.2 Å².